The molecule has 0 spiro atoms. The summed E-state index contributed by atoms with van der Waals surface area (Å²) < 4.78 is 0. The number of thiazole rings is 1. The Bertz CT molecular complexity index is 501. The van der Waals surface area contributed by atoms with E-state index in [1.807, 2.05) is 17.5 Å². The molecular formula is C13H16N2S2. The summed E-state index contributed by atoms with van der Waals surface area (Å²) in [6.07, 6.45) is 5.79. The molecular weight excluding hydrogens is 248 g/mol. The quantitative estimate of drug-likeness (QED) is 0.914. The van der Waals surface area contributed by atoms with Crippen molar-refractivity contribution in [2.24, 2.45) is 0 Å². The van der Waals surface area contributed by atoms with Gasteiger partial charge in [-0.25, -0.2) is 4.98 Å². The Morgan fingerprint density at radius 1 is 1.53 bits per heavy atom. The van der Waals surface area contributed by atoms with Gasteiger partial charge in [-0.1, -0.05) is 0 Å². The minimum absolute atomic E-state index is 0.536. The molecule has 0 amide bonds. The summed E-state index contributed by atoms with van der Waals surface area (Å²) in [5.74, 6) is 0. The molecule has 1 aliphatic rings. The molecule has 0 radical (unpaired) electrons. The molecule has 0 bridgehead atoms. The number of hydrogen-bond acceptors (Lipinski definition) is 4. The van der Waals surface area contributed by atoms with Crippen LogP contribution >= 0.6 is 22.7 Å². The second-order valence-electron chi connectivity index (χ2n) is 4.49. The third kappa shape index (κ3) is 2.44. The largest absolute Gasteiger partial charge is 0.304 e. The summed E-state index contributed by atoms with van der Waals surface area (Å²) in [6, 6.07) is 2.82. The third-order valence-corrected chi connectivity index (χ3v) is 5.13. The van der Waals surface area contributed by atoms with Gasteiger partial charge in [-0.05, 0) is 43.2 Å². The van der Waals surface area contributed by atoms with Gasteiger partial charge < -0.3 is 5.32 Å². The first kappa shape index (κ1) is 11.4. The number of fused-ring (bicyclic) bond motifs is 1. The van der Waals surface area contributed by atoms with E-state index in [0.29, 0.717) is 6.04 Å². The highest BCUT2D eigenvalue weighted by Gasteiger charge is 2.20. The maximum Gasteiger partial charge on any atom is 0.107 e. The summed E-state index contributed by atoms with van der Waals surface area (Å²) in [5, 5.41) is 7.07. The summed E-state index contributed by atoms with van der Waals surface area (Å²) in [4.78, 5) is 7.27. The molecule has 0 fully saturated rings. The van der Waals surface area contributed by atoms with E-state index in [-0.39, 0.29) is 0 Å². The third-order valence-electron chi connectivity index (χ3n) is 3.22. The Hall–Kier alpha value is -0.710. The zero-order valence-electron chi connectivity index (χ0n) is 9.90. The standard InChI is InChI=1S/C13H16N2S2/c1-9-7-15-13(17-9)8-14-11-3-2-4-12-10(11)5-6-16-12/h5-7,11,14H,2-4,8H2,1H3. The van der Waals surface area contributed by atoms with Crippen molar-refractivity contribution in [3.05, 3.63) is 38.0 Å². The van der Waals surface area contributed by atoms with Crippen molar-refractivity contribution in [1.29, 1.82) is 0 Å². The van der Waals surface area contributed by atoms with Crippen LogP contribution in [0, 0.1) is 6.92 Å². The first-order chi connectivity index (χ1) is 8.33. The van der Waals surface area contributed by atoms with Crippen molar-refractivity contribution in [3.63, 3.8) is 0 Å². The maximum atomic E-state index is 4.40. The number of nitrogens with zero attached hydrogens (tertiary/aromatic N) is 1. The molecule has 0 saturated carbocycles. The van der Waals surface area contributed by atoms with Crippen LogP contribution in [-0.4, -0.2) is 4.98 Å². The van der Waals surface area contributed by atoms with Crippen LogP contribution in [0.25, 0.3) is 0 Å². The number of rotatable bonds is 3. The fraction of sp³-hybridized carbons (Fsp3) is 0.462. The van der Waals surface area contributed by atoms with E-state index in [1.165, 1.54) is 34.7 Å². The number of aromatic nitrogens is 1. The first-order valence-corrected chi connectivity index (χ1v) is 7.73. The second kappa shape index (κ2) is 4.88. The van der Waals surface area contributed by atoms with E-state index in [2.05, 4.69) is 28.7 Å². The molecule has 90 valence electrons. The Morgan fingerprint density at radius 3 is 3.29 bits per heavy atom. The SMILES string of the molecule is Cc1cnc(CNC2CCCc3sccc32)s1. The fourth-order valence-electron chi connectivity index (χ4n) is 2.39. The topological polar surface area (TPSA) is 24.9 Å². The smallest absolute Gasteiger partial charge is 0.107 e. The molecule has 4 heteroatoms. The molecule has 2 heterocycles. The number of hydrogen-bond donors (Lipinski definition) is 1. The summed E-state index contributed by atoms with van der Waals surface area (Å²) >= 11 is 3.69. The first-order valence-electron chi connectivity index (χ1n) is 6.04. The highest BCUT2D eigenvalue weighted by Crippen LogP contribution is 2.33. The molecule has 2 aromatic heterocycles. The summed E-state index contributed by atoms with van der Waals surface area (Å²) in [6.45, 7) is 3.01. The normalized spacial score (nSPS) is 19.2. The van der Waals surface area contributed by atoms with Crippen LogP contribution in [0.3, 0.4) is 0 Å². The van der Waals surface area contributed by atoms with Gasteiger partial charge >= 0.3 is 0 Å². The van der Waals surface area contributed by atoms with Crippen molar-refractivity contribution in [2.75, 3.05) is 0 Å². The molecule has 0 aliphatic heterocycles. The molecule has 1 aliphatic carbocycles. The minimum Gasteiger partial charge on any atom is -0.304 e. The average molecular weight is 264 g/mol. The number of thiophene rings is 1. The Balaban J connectivity index is 1.67. The van der Waals surface area contributed by atoms with E-state index in [1.54, 1.807) is 16.2 Å². The van der Waals surface area contributed by atoms with Gasteiger partial charge in [0.1, 0.15) is 5.01 Å². The van der Waals surface area contributed by atoms with E-state index in [9.17, 15) is 0 Å². The van der Waals surface area contributed by atoms with E-state index >= 15 is 0 Å². The predicted molar refractivity (Wildman–Crippen MR) is 73.7 cm³/mol. The van der Waals surface area contributed by atoms with E-state index in [4.69, 9.17) is 0 Å². The Morgan fingerprint density at radius 2 is 2.47 bits per heavy atom. The molecule has 1 atom stereocenters. The van der Waals surface area contributed by atoms with Crippen molar-refractivity contribution >= 4 is 22.7 Å². The molecule has 0 saturated heterocycles. The van der Waals surface area contributed by atoms with Gasteiger partial charge in [-0.3, -0.25) is 0 Å². The zero-order chi connectivity index (χ0) is 11.7. The average Bonchev–Trinajstić information content (AvgIpc) is 2.94. The zero-order valence-corrected chi connectivity index (χ0v) is 11.5. The van der Waals surface area contributed by atoms with Crippen LogP contribution in [0.5, 0.6) is 0 Å². The van der Waals surface area contributed by atoms with Gasteiger partial charge in [-0.15, -0.1) is 22.7 Å². The van der Waals surface area contributed by atoms with Gasteiger partial charge in [0.25, 0.3) is 0 Å². The molecule has 3 rings (SSSR count). The fourth-order valence-corrected chi connectivity index (χ4v) is 4.12. The van der Waals surface area contributed by atoms with Crippen molar-refractivity contribution in [2.45, 2.75) is 38.8 Å². The minimum atomic E-state index is 0.536. The maximum absolute atomic E-state index is 4.40. The van der Waals surface area contributed by atoms with Crippen LogP contribution in [0.2, 0.25) is 0 Å². The van der Waals surface area contributed by atoms with E-state index in [0.717, 1.165) is 6.54 Å². The van der Waals surface area contributed by atoms with Gasteiger partial charge in [0.2, 0.25) is 0 Å². The van der Waals surface area contributed by atoms with Crippen molar-refractivity contribution in [1.82, 2.24) is 10.3 Å². The lowest BCUT2D eigenvalue weighted by Gasteiger charge is -2.23. The molecule has 17 heavy (non-hydrogen) atoms. The van der Waals surface area contributed by atoms with Gasteiger partial charge in [0, 0.05) is 28.5 Å². The lowest BCUT2D eigenvalue weighted by atomic mass is 9.94. The summed E-state index contributed by atoms with van der Waals surface area (Å²) in [7, 11) is 0. The van der Waals surface area contributed by atoms with Gasteiger partial charge in [0.05, 0.1) is 0 Å². The Labute approximate surface area is 110 Å². The molecule has 1 unspecified atom stereocenters. The van der Waals surface area contributed by atoms with Crippen LogP contribution in [-0.2, 0) is 13.0 Å². The highest BCUT2D eigenvalue weighted by atomic mass is 32.1. The molecule has 2 aromatic rings. The lowest BCUT2D eigenvalue weighted by Crippen LogP contribution is -2.23. The molecule has 1 N–H and O–H groups in total. The Kier molecular flexibility index (Phi) is 3.27. The van der Waals surface area contributed by atoms with Crippen molar-refractivity contribution < 1.29 is 0 Å². The number of aryl methyl sites for hydroxylation is 2. The number of nitrogens with one attached hydrogen (secondary N) is 1. The van der Waals surface area contributed by atoms with Crippen LogP contribution in [0.4, 0.5) is 0 Å². The van der Waals surface area contributed by atoms with Crippen LogP contribution in [0.15, 0.2) is 17.6 Å². The van der Waals surface area contributed by atoms with E-state index < -0.39 is 0 Å². The predicted octanol–water partition coefficient (Wildman–Crippen LogP) is 3.68. The summed E-state index contributed by atoms with van der Waals surface area (Å²) in [5.41, 5.74) is 1.52. The molecule has 0 aromatic carbocycles. The van der Waals surface area contributed by atoms with Crippen LogP contribution < -0.4 is 5.32 Å². The van der Waals surface area contributed by atoms with Gasteiger partial charge in [0.15, 0.2) is 0 Å². The monoisotopic (exact) mass is 264 g/mol. The van der Waals surface area contributed by atoms with Gasteiger partial charge in [-0.2, -0.15) is 0 Å². The van der Waals surface area contributed by atoms with Crippen LogP contribution in [0.1, 0.15) is 39.2 Å². The van der Waals surface area contributed by atoms with Crippen molar-refractivity contribution in [3.8, 4) is 0 Å². The molecule has 2 nitrogen and oxygen atoms in total. The lowest BCUT2D eigenvalue weighted by molar-refractivity contribution is 0.462. The highest BCUT2D eigenvalue weighted by molar-refractivity contribution is 7.11. The second-order valence-corrected chi connectivity index (χ2v) is 6.81.